The molecule has 6 aliphatic rings. The molecule has 274 valence electrons. The number of likely N-dealkylation sites (N-methyl/N-ethyl adjacent to an activating group) is 1. The number of carboxylic acid groups (broad SMARTS) is 1. The van der Waals surface area contributed by atoms with E-state index in [1.807, 2.05) is 4.90 Å². The molecule has 0 aromatic heterocycles. The van der Waals surface area contributed by atoms with Crippen molar-refractivity contribution < 1.29 is 29.0 Å². The van der Waals surface area contributed by atoms with Gasteiger partial charge in [0.25, 0.3) is 0 Å². The maximum atomic E-state index is 13.9. The van der Waals surface area contributed by atoms with Crippen LogP contribution in [-0.4, -0.2) is 83.5 Å². The highest BCUT2D eigenvalue weighted by molar-refractivity contribution is 6.02. The number of urea groups is 1. The molecule has 1 heterocycles. The number of amides is 2. The first kappa shape index (κ1) is 36.4. The number of ether oxygens (including phenoxy) is 1. The van der Waals surface area contributed by atoms with Crippen molar-refractivity contribution in [3.63, 3.8) is 0 Å². The quantitative estimate of drug-likeness (QED) is 0.300. The maximum absolute atomic E-state index is 13.9. The van der Waals surface area contributed by atoms with Crippen LogP contribution in [-0.2, 0) is 19.1 Å². The van der Waals surface area contributed by atoms with Crippen LogP contribution in [0.3, 0.4) is 0 Å². The monoisotopic (exact) mass is 681 g/mol. The predicted molar refractivity (Wildman–Crippen MR) is 189 cm³/mol. The summed E-state index contributed by atoms with van der Waals surface area (Å²) in [5.41, 5.74) is 0.526. The van der Waals surface area contributed by atoms with Crippen LogP contribution in [0.2, 0.25) is 0 Å². The van der Waals surface area contributed by atoms with Crippen LogP contribution in [0.15, 0.2) is 11.1 Å². The number of allylic oxidation sites excluding steroid dienone is 1. The Bertz CT molecular complexity index is 1410. The Morgan fingerprint density at radius 3 is 2.20 bits per heavy atom. The van der Waals surface area contributed by atoms with Crippen LogP contribution in [0.1, 0.15) is 120 Å². The molecule has 2 N–H and O–H groups in total. The first-order valence-electron chi connectivity index (χ1n) is 19.2. The van der Waals surface area contributed by atoms with E-state index >= 15 is 0 Å². The van der Waals surface area contributed by atoms with Crippen molar-refractivity contribution in [1.29, 1.82) is 0 Å². The highest BCUT2D eigenvalue weighted by atomic mass is 16.5. The Morgan fingerprint density at radius 2 is 1.57 bits per heavy atom. The Morgan fingerprint density at radius 1 is 0.918 bits per heavy atom. The highest BCUT2D eigenvalue weighted by Crippen LogP contribution is 2.72. The summed E-state index contributed by atoms with van der Waals surface area (Å²) in [6.07, 6.45) is 7.97. The molecule has 8 unspecified atom stereocenters. The fraction of sp³-hybridized carbons (Fsp3) is 0.850. The Hall–Kier alpha value is -2.42. The van der Waals surface area contributed by atoms with Gasteiger partial charge in [0.1, 0.15) is 6.10 Å². The van der Waals surface area contributed by atoms with Gasteiger partial charge in [-0.2, -0.15) is 0 Å². The third kappa shape index (κ3) is 5.86. The van der Waals surface area contributed by atoms with E-state index in [2.05, 4.69) is 58.8 Å². The highest BCUT2D eigenvalue weighted by Gasteiger charge is 2.67. The second kappa shape index (κ2) is 12.4. The van der Waals surface area contributed by atoms with Gasteiger partial charge in [-0.1, -0.05) is 41.5 Å². The average molecular weight is 682 g/mol. The van der Waals surface area contributed by atoms with Gasteiger partial charge in [-0.25, -0.2) is 4.79 Å². The van der Waals surface area contributed by atoms with Crippen molar-refractivity contribution in [3.8, 4) is 0 Å². The molecule has 1 saturated heterocycles. The third-order valence-corrected chi connectivity index (χ3v) is 15.1. The molecule has 0 bridgehead atoms. The molecular weight excluding hydrogens is 618 g/mol. The molecule has 4 saturated carbocycles. The van der Waals surface area contributed by atoms with Crippen molar-refractivity contribution >= 4 is 23.8 Å². The molecule has 0 aromatic rings. The number of rotatable bonds is 6. The number of carbonyl (C=O) groups is 4. The van der Waals surface area contributed by atoms with Crippen molar-refractivity contribution in [2.45, 2.75) is 131 Å². The minimum absolute atomic E-state index is 0.0130. The summed E-state index contributed by atoms with van der Waals surface area (Å²) in [7, 11) is 2.10. The first-order chi connectivity index (χ1) is 22.8. The molecule has 49 heavy (non-hydrogen) atoms. The summed E-state index contributed by atoms with van der Waals surface area (Å²) >= 11 is 0. The largest absolute Gasteiger partial charge is 0.481 e. The second-order valence-electron chi connectivity index (χ2n) is 19.1. The number of nitrogens with zero attached hydrogens (tertiary/aromatic N) is 2. The SMILES string of the molecule is CC(C)C1=C2C3CCC4C(C)(CCC5C(C)(C)C(OC(=O)CC(C)(C)C(=O)O)CCC54C)C3CCC2(NC(=O)N2CCN(C)CC2)CC1=O. The number of aliphatic carboxylic acids is 1. The Balaban J connectivity index is 1.25. The van der Waals surface area contributed by atoms with Gasteiger partial charge in [0, 0.05) is 38.0 Å². The number of carbonyl (C=O) groups excluding carboxylic acids is 3. The summed E-state index contributed by atoms with van der Waals surface area (Å²) in [6.45, 7) is 20.2. The fourth-order valence-corrected chi connectivity index (χ4v) is 12.6. The van der Waals surface area contributed by atoms with Crippen LogP contribution < -0.4 is 5.32 Å². The smallest absolute Gasteiger partial charge is 0.318 e. The van der Waals surface area contributed by atoms with Crippen molar-refractivity contribution in [1.82, 2.24) is 15.1 Å². The van der Waals surface area contributed by atoms with E-state index in [0.29, 0.717) is 43.2 Å². The topological polar surface area (TPSA) is 116 Å². The van der Waals surface area contributed by atoms with Gasteiger partial charge in [0.05, 0.1) is 17.4 Å². The molecule has 1 aliphatic heterocycles. The summed E-state index contributed by atoms with van der Waals surface area (Å²) in [4.78, 5) is 56.6. The standard InChI is InChI=1S/C40H63N3O6/c1-24(2)32-27(44)22-40(41-35(48)43-20-18-42(9)19-21-43)17-12-26-25(33(32)40)10-11-29-38(26,7)15-13-28-37(5,6)30(14-16-39(28,29)8)49-31(45)23-36(3,4)34(46)47/h24-26,28-30H,10-23H2,1-9H3,(H,41,48)(H,46,47). The predicted octanol–water partition coefficient (Wildman–Crippen LogP) is 6.70. The summed E-state index contributed by atoms with van der Waals surface area (Å²) < 4.78 is 6.14. The number of piperazine rings is 1. The number of carboxylic acids is 1. The lowest BCUT2D eigenvalue weighted by atomic mass is 9.37. The molecule has 0 aromatic carbocycles. The fourth-order valence-electron chi connectivity index (χ4n) is 12.6. The lowest BCUT2D eigenvalue weighted by Crippen LogP contribution is -2.65. The number of ketones is 1. The molecule has 9 heteroatoms. The molecule has 5 fully saturated rings. The number of fused-ring (bicyclic) bond motifs is 7. The van der Waals surface area contributed by atoms with E-state index in [9.17, 15) is 24.3 Å². The zero-order valence-electron chi connectivity index (χ0n) is 31.7. The van der Waals surface area contributed by atoms with Gasteiger partial charge in [-0.3, -0.25) is 14.4 Å². The minimum atomic E-state index is -1.16. The van der Waals surface area contributed by atoms with Gasteiger partial charge in [0.2, 0.25) is 0 Å². The summed E-state index contributed by atoms with van der Waals surface area (Å²) in [5, 5.41) is 13.1. The van der Waals surface area contributed by atoms with Crippen LogP contribution in [0.25, 0.3) is 0 Å². The van der Waals surface area contributed by atoms with Gasteiger partial charge in [-0.05, 0) is 124 Å². The maximum Gasteiger partial charge on any atom is 0.318 e. The molecule has 9 nitrogen and oxygen atoms in total. The first-order valence-corrected chi connectivity index (χ1v) is 19.2. The van der Waals surface area contributed by atoms with E-state index in [0.717, 1.165) is 70.0 Å². The normalized spacial score (nSPS) is 39.1. The molecule has 0 spiro atoms. The lowest BCUT2D eigenvalue weighted by molar-refractivity contribution is -0.213. The van der Waals surface area contributed by atoms with Gasteiger partial charge in [0.15, 0.2) is 5.78 Å². The van der Waals surface area contributed by atoms with E-state index in [1.165, 1.54) is 5.57 Å². The molecule has 2 amide bonds. The molecule has 5 aliphatic carbocycles. The van der Waals surface area contributed by atoms with Crippen LogP contribution >= 0.6 is 0 Å². The Kier molecular flexibility index (Phi) is 9.18. The molecule has 6 rings (SSSR count). The van der Waals surface area contributed by atoms with E-state index in [4.69, 9.17) is 4.74 Å². The molecular formula is C40H63N3O6. The number of nitrogens with one attached hydrogen (secondary N) is 1. The average Bonchev–Trinajstić information content (AvgIpc) is 3.30. The van der Waals surface area contributed by atoms with Gasteiger partial charge in [-0.15, -0.1) is 0 Å². The van der Waals surface area contributed by atoms with Crippen LogP contribution in [0.5, 0.6) is 0 Å². The van der Waals surface area contributed by atoms with Crippen molar-refractivity contribution in [3.05, 3.63) is 11.1 Å². The summed E-state index contributed by atoms with van der Waals surface area (Å²) in [5.74, 6) is 0.626. The van der Waals surface area contributed by atoms with Crippen LogP contribution in [0.4, 0.5) is 4.79 Å². The molecule has 0 radical (unpaired) electrons. The van der Waals surface area contributed by atoms with Crippen molar-refractivity contribution in [2.24, 2.45) is 51.2 Å². The molecule has 8 atom stereocenters. The van der Waals surface area contributed by atoms with Crippen molar-refractivity contribution in [2.75, 3.05) is 33.2 Å². The third-order valence-electron chi connectivity index (χ3n) is 15.1. The Labute approximate surface area is 294 Å². The van der Waals surface area contributed by atoms with Gasteiger partial charge >= 0.3 is 18.0 Å². The minimum Gasteiger partial charge on any atom is -0.481 e. The lowest BCUT2D eigenvalue weighted by Gasteiger charge is -2.68. The number of hydrogen-bond acceptors (Lipinski definition) is 6. The van der Waals surface area contributed by atoms with Crippen LogP contribution in [0, 0.1) is 51.2 Å². The second-order valence-corrected chi connectivity index (χ2v) is 19.1. The van der Waals surface area contributed by atoms with E-state index in [-0.39, 0.29) is 46.5 Å². The number of esters is 1. The number of Topliss-reactive ketones (excluding diaryl/α,β-unsaturated/α-hetero) is 1. The van der Waals surface area contributed by atoms with Gasteiger partial charge < -0.3 is 25.0 Å². The zero-order valence-corrected chi connectivity index (χ0v) is 31.7. The number of hydrogen-bond donors (Lipinski definition) is 2. The van der Waals surface area contributed by atoms with E-state index in [1.54, 1.807) is 13.8 Å². The summed E-state index contributed by atoms with van der Waals surface area (Å²) in [6, 6.07) is -0.0130. The van der Waals surface area contributed by atoms with E-state index < -0.39 is 22.9 Å². The zero-order chi connectivity index (χ0) is 35.9.